The number of ether oxygens (including phenoxy) is 1. The predicted octanol–water partition coefficient (Wildman–Crippen LogP) is 1.71. The van der Waals surface area contributed by atoms with E-state index in [2.05, 4.69) is 11.6 Å². The van der Waals surface area contributed by atoms with E-state index in [1.807, 2.05) is 4.98 Å². The number of hydrogen-bond acceptors (Lipinski definition) is 5. The molecule has 1 aromatic heterocycles. The van der Waals surface area contributed by atoms with Crippen LogP contribution in [0.1, 0.15) is 11.3 Å². The lowest BCUT2D eigenvalue weighted by molar-refractivity contribution is -0.386. The van der Waals surface area contributed by atoms with Crippen LogP contribution in [0.5, 0.6) is 5.75 Å². The highest BCUT2D eigenvalue weighted by Crippen LogP contribution is 2.17. The fraction of sp³-hybridized carbons (Fsp3) is 0.0667. The molecule has 0 unspecified atom stereocenters. The Bertz CT molecular complexity index is 879. The second-order valence-electron chi connectivity index (χ2n) is 4.43. The van der Waals surface area contributed by atoms with Crippen LogP contribution in [0, 0.1) is 10.1 Å². The maximum Gasteiger partial charge on any atom is 0.357 e. The van der Waals surface area contributed by atoms with Crippen molar-refractivity contribution in [3.05, 3.63) is 79.1 Å². The summed E-state index contributed by atoms with van der Waals surface area (Å²) in [4.78, 5) is 36.9. The van der Waals surface area contributed by atoms with Crippen molar-refractivity contribution in [2.45, 2.75) is 0 Å². The molecule has 2 N–H and O–H groups in total. The molecular weight excluding hydrogens is 302 g/mol. The molecule has 0 aliphatic heterocycles. The molecule has 8 nitrogen and oxygen atoms in total. The lowest BCUT2D eigenvalue weighted by atomic mass is 10.2. The number of nitro groups is 1. The lowest BCUT2D eigenvalue weighted by Gasteiger charge is -2.03. The third kappa shape index (κ3) is 4.03. The lowest BCUT2D eigenvalue weighted by Crippen LogP contribution is -2.25. The summed E-state index contributed by atoms with van der Waals surface area (Å²) in [5.74, 6) is 0.598. The molecule has 2 rings (SSSR count). The van der Waals surface area contributed by atoms with E-state index in [4.69, 9.17) is 4.74 Å². The Morgan fingerprint density at radius 1 is 1.26 bits per heavy atom. The van der Waals surface area contributed by atoms with Gasteiger partial charge in [-0.15, -0.1) is 0 Å². The SMILES string of the molecule is C=CCOc1cccc(/C=C/c2[nH]c(=O)[nH]c(=O)c2[N+](=O)[O-])c1. The van der Waals surface area contributed by atoms with Crippen molar-refractivity contribution in [1.82, 2.24) is 9.97 Å². The van der Waals surface area contributed by atoms with Crippen molar-refractivity contribution in [3.63, 3.8) is 0 Å². The van der Waals surface area contributed by atoms with Crippen molar-refractivity contribution in [1.29, 1.82) is 0 Å². The highest BCUT2D eigenvalue weighted by Gasteiger charge is 2.18. The summed E-state index contributed by atoms with van der Waals surface area (Å²) in [7, 11) is 0. The van der Waals surface area contributed by atoms with Gasteiger partial charge in [0.2, 0.25) is 0 Å². The third-order valence-corrected chi connectivity index (χ3v) is 2.80. The van der Waals surface area contributed by atoms with Crippen LogP contribution in [0.25, 0.3) is 12.2 Å². The van der Waals surface area contributed by atoms with Crippen LogP contribution in [-0.2, 0) is 0 Å². The number of aromatic nitrogens is 2. The first-order chi connectivity index (χ1) is 11.0. The minimum atomic E-state index is -1.05. The van der Waals surface area contributed by atoms with Gasteiger partial charge in [0.25, 0.3) is 0 Å². The summed E-state index contributed by atoms with van der Waals surface area (Å²) in [6.07, 6.45) is 4.42. The van der Waals surface area contributed by atoms with Crippen molar-refractivity contribution in [2.75, 3.05) is 6.61 Å². The van der Waals surface area contributed by atoms with Gasteiger partial charge in [0.05, 0.1) is 4.92 Å². The average Bonchev–Trinajstić information content (AvgIpc) is 2.50. The maximum atomic E-state index is 11.5. The van der Waals surface area contributed by atoms with E-state index in [9.17, 15) is 19.7 Å². The molecule has 0 bridgehead atoms. The van der Waals surface area contributed by atoms with E-state index in [1.54, 1.807) is 30.3 Å². The summed E-state index contributed by atoms with van der Waals surface area (Å²) >= 11 is 0. The molecule has 23 heavy (non-hydrogen) atoms. The Morgan fingerprint density at radius 3 is 2.74 bits per heavy atom. The molecule has 0 aliphatic rings. The van der Waals surface area contributed by atoms with Gasteiger partial charge in [0.1, 0.15) is 18.1 Å². The van der Waals surface area contributed by atoms with Gasteiger partial charge in [-0.05, 0) is 23.8 Å². The van der Waals surface area contributed by atoms with E-state index in [0.29, 0.717) is 17.9 Å². The molecule has 0 atom stereocenters. The number of aromatic amines is 2. The molecule has 0 fully saturated rings. The molecule has 8 heteroatoms. The van der Waals surface area contributed by atoms with Crippen molar-refractivity contribution in [2.24, 2.45) is 0 Å². The Kier molecular flexibility index (Phi) is 4.88. The zero-order valence-electron chi connectivity index (χ0n) is 11.9. The van der Waals surface area contributed by atoms with Gasteiger partial charge < -0.3 is 9.72 Å². The average molecular weight is 315 g/mol. The van der Waals surface area contributed by atoms with E-state index in [0.717, 1.165) is 0 Å². The molecule has 0 saturated carbocycles. The standard InChI is InChI=1S/C15H13N3O5/c1-2-8-23-11-5-3-4-10(9-11)6-7-12-13(18(21)22)14(19)17-15(20)16-12/h2-7,9H,1,8H2,(H2,16,17,19,20)/b7-6+. The van der Waals surface area contributed by atoms with Crippen molar-refractivity contribution in [3.8, 4) is 5.75 Å². The van der Waals surface area contributed by atoms with Crippen LogP contribution < -0.4 is 16.0 Å². The largest absolute Gasteiger partial charge is 0.490 e. The van der Waals surface area contributed by atoms with Crippen LogP contribution in [0.2, 0.25) is 0 Å². The van der Waals surface area contributed by atoms with E-state index >= 15 is 0 Å². The van der Waals surface area contributed by atoms with Crippen LogP contribution in [-0.4, -0.2) is 21.5 Å². The zero-order chi connectivity index (χ0) is 16.8. The molecule has 0 radical (unpaired) electrons. The number of hydrogen-bond donors (Lipinski definition) is 2. The minimum absolute atomic E-state index is 0.179. The minimum Gasteiger partial charge on any atom is -0.490 e. The van der Waals surface area contributed by atoms with E-state index in [1.165, 1.54) is 12.2 Å². The molecule has 1 heterocycles. The first-order valence-electron chi connectivity index (χ1n) is 6.54. The van der Waals surface area contributed by atoms with Crippen LogP contribution in [0.3, 0.4) is 0 Å². The highest BCUT2D eigenvalue weighted by molar-refractivity contribution is 5.72. The van der Waals surface area contributed by atoms with Crippen LogP contribution >= 0.6 is 0 Å². The molecule has 0 saturated heterocycles. The molecule has 0 amide bonds. The van der Waals surface area contributed by atoms with Gasteiger partial charge in [0.15, 0.2) is 0 Å². The normalized spacial score (nSPS) is 10.6. The Morgan fingerprint density at radius 2 is 2.04 bits per heavy atom. The zero-order valence-corrected chi connectivity index (χ0v) is 11.9. The van der Waals surface area contributed by atoms with Crippen LogP contribution in [0.4, 0.5) is 5.69 Å². The molecule has 0 spiro atoms. The van der Waals surface area contributed by atoms with Gasteiger partial charge in [-0.1, -0.05) is 30.9 Å². The second kappa shape index (κ2) is 7.03. The molecule has 0 aliphatic carbocycles. The quantitative estimate of drug-likeness (QED) is 0.478. The Balaban J connectivity index is 2.37. The molecular formula is C15H13N3O5. The molecule has 118 valence electrons. The Labute approximate surface area is 129 Å². The first-order valence-corrected chi connectivity index (χ1v) is 6.54. The van der Waals surface area contributed by atoms with E-state index in [-0.39, 0.29) is 5.69 Å². The highest BCUT2D eigenvalue weighted by atomic mass is 16.6. The van der Waals surface area contributed by atoms with Gasteiger partial charge in [-0.2, -0.15) is 0 Å². The second-order valence-corrected chi connectivity index (χ2v) is 4.43. The fourth-order valence-corrected chi connectivity index (χ4v) is 1.84. The van der Waals surface area contributed by atoms with Gasteiger partial charge >= 0.3 is 16.9 Å². The van der Waals surface area contributed by atoms with Gasteiger partial charge in [0, 0.05) is 0 Å². The van der Waals surface area contributed by atoms with Crippen LogP contribution in [0.15, 0.2) is 46.5 Å². The summed E-state index contributed by atoms with van der Waals surface area (Å²) in [6.45, 7) is 3.89. The van der Waals surface area contributed by atoms with Crippen molar-refractivity contribution < 1.29 is 9.66 Å². The fourth-order valence-electron chi connectivity index (χ4n) is 1.84. The maximum absolute atomic E-state index is 11.5. The molecule has 1 aromatic carbocycles. The van der Waals surface area contributed by atoms with E-state index < -0.39 is 21.9 Å². The van der Waals surface area contributed by atoms with Gasteiger partial charge in [-0.25, -0.2) is 4.79 Å². The smallest absolute Gasteiger partial charge is 0.357 e. The predicted molar refractivity (Wildman–Crippen MR) is 85.4 cm³/mol. The number of nitrogens with zero attached hydrogens (tertiary/aromatic N) is 1. The topological polar surface area (TPSA) is 118 Å². The first kappa shape index (κ1) is 16.0. The van der Waals surface area contributed by atoms with Crippen molar-refractivity contribution >= 4 is 17.8 Å². The third-order valence-electron chi connectivity index (χ3n) is 2.80. The summed E-state index contributed by atoms with van der Waals surface area (Å²) < 4.78 is 5.38. The number of benzene rings is 1. The number of H-pyrrole nitrogens is 2. The molecule has 2 aromatic rings. The summed E-state index contributed by atoms with van der Waals surface area (Å²) in [6, 6.07) is 6.94. The monoisotopic (exact) mass is 315 g/mol. The summed E-state index contributed by atoms with van der Waals surface area (Å²) in [5, 5.41) is 10.9. The Hall–Kier alpha value is -3.42. The van der Waals surface area contributed by atoms with Gasteiger partial charge in [-0.3, -0.25) is 19.9 Å². The summed E-state index contributed by atoms with van der Waals surface area (Å²) in [5.41, 5.74) is -2.09. The number of nitrogens with one attached hydrogen (secondary N) is 2. The number of rotatable bonds is 6.